The maximum absolute atomic E-state index is 12.1. The molecule has 1 aliphatic heterocycles. The van der Waals surface area contributed by atoms with Crippen molar-refractivity contribution in [2.75, 3.05) is 6.54 Å². The van der Waals surface area contributed by atoms with Crippen LogP contribution in [0.5, 0.6) is 0 Å². The number of halogens is 3. The van der Waals surface area contributed by atoms with Crippen LogP contribution in [0.1, 0.15) is 27.2 Å². The van der Waals surface area contributed by atoms with E-state index in [0.717, 1.165) is 57.5 Å². The number of amides is 1. The van der Waals surface area contributed by atoms with Gasteiger partial charge in [-0.3, -0.25) is 4.79 Å². The number of hydrogen-bond donors (Lipinski definition) is 2. The van der Waals surface area contributed by atoms with Crippen molar-refractivity contribution in [3.63, 3.8) is 0 Å². The summed E-state index contributed by atoms with van der Waals surface area (Å²) < 4.78 is 0.951. The number of aromatic amines is 1. The first kappa shape index (κ1) is 22.1. The Kier molecular flexibility index (Phi) is 6.23. The molecule has 2 aromatic carbocycles. The smallest absolute Gasteiger partial charge is 0.253 e. The number of aromatic nitrogens is 3. The fraction of sp³-hybridized carbons (Fsp3) is 0.160. The van der Waals surface area contributed by atoms with Crippen molar-refractivity contribution in [1.82, 2.24) is 20.3 Å². The molecule has 4 aromatic rings. The van der Waals surface area contributed by atoms with E-state index < -0.39 is 0 Å². The first-order chi connectivity index (χ1) is 16.0. The van der Waals surface area contributed by atoms with E-state index >= 15 is 0 Å². The zero-order valence-corrected chi connectivity index (χ0v) is 20.6. The molecule has 2 N–H and O–H groups in total. The van der Waals surface area contributed by atoms with Gasteiger partial charge in [-0.1, -0.05) is 51.3 Å². The molecule has 0 aliphatic carbocycles. The molecule has 0 atom stereocenters. The van der Waals surface area contributed by atoms with Crippen LogP contribution in [-0.2, 0) is 19.3 Å². The van der Waals surface area contributed by atoms with Gasteiger partial charge in [0.15, 0.2) is 5.82 Å². The van der Waals surface area contributed by atoms with E-state index in [-0.39, 0.29) is 5.91 Å². The van der Waals surface area contributed by atoms with Gasteiger partial charge in [-0.15, -0.1) is 0 Å². The predicted molar refractivity (Wildman–Crippen MR) is 135 cm³/mol. The van der Waals surface area contributed by atoms with Gasteiger partial charge in [0, 0.05) is 44.9 Å². The van der Waals surface area contributed by atoms with Crippen LogP contribution >= 0.6 is 39.1 Å². The number of aryl methyl sites for hydroxylation is 2. The van der Waals surface area contributed by atoms with Gasteiger partial charge >= 0.3 is 0 Å². The second kappa shape index (κ2) is 9.29. The minimum atomic E-state index is -0.0526. The largest absolute Gasteiger partial charge is 0.356 e. The van der Waals surface area contributed by atoms with Crippen molar-refractivity contribution in [3.05, 3.63) is 91.6 Å². The van der Waals surface area contributed by atoms with Crippen LogP contribution < -0.4 is 5.32 Å². The van der Waals surface area contributed by atoms with Crippen molar-refractivity contribution in [1.29, 1.82) is 0 Å². The molecule has 33 heavy (non-hydrogen) atoms. The highest BCUT2D eigenvalue weighted by molar-refractivity contribution is 9.10. The molecule has 1 aliphatic rings. The Morgan fingerprint density at radius 2 is 1.79 bits per heavy atom. The number of rotatable bonds is 5. The molecule has 2 aromatic heterocycles. The zero-order chi connectivity index (χ0) is 22.9. The lowest BCUT2D eigenvalue weighted by Gasteiger charge is -2.11. The van der Waals surface area contributed by atoms with E-state index in [1.54, 1.807) is 12.3 Å². The monoisotopic (exact) mass is 540 g/mol. The summed E-state index contributed by atoms with van der Waals surface area (Å²) in [5.41, 5.74) is 6.28. The molecule has 1 amide bonds. The third kappa shape index (κ3) is 4.69. The Balaban J connectivity index is 1.47. The third-order valence-electron chi connectivity index (χ3n) is 5.73. The molecule has 3 heterocycles. The van der Waals surface area contributed by atoms with E-state index in [0.29, 0.717) is 28.0 Å². The number of carbonyl (C=O) groups excluding carboxylic acids is 1. The quantitative estimate of drug-likeness (QED) is 0.312. The summed E-state index contributed by atoms with van der Waals surface area (Å²) in [5.74, 6) is 0.575. The summed E-state index contributed by atoms with van der Waals surface area (Å²) >= 11 is 16.0. The number of carbonyl (C=O) groups is 1. The van der Waals surface area contributed by atoms with Crippen molar-refractivity contribution in [2.24, 2.45) is 0 Å². The summed E-state index contributed by atoms with van der Waals surface area (Å²) in [6.07, 6.45) is 4.07. The van der Waals surface area contributed by atoms with E-state index in [2.05, 4.69) is 37.3 Å². The maximum Gasteiger partial charge on any atom is 0.253 e. The molecule has 0 spiro atoms. The van der Waals surface area contributed by atoms with Gasteiger partial charge in [-0.05, 0) is 60.4 Å². The number of benzene rings is 2. The fourth-order valence-corrected chi connectivity index (χ4v) is 4.90. The van der Waals surface area contributed by atoms with Gasteiger partial charge in [0.2, 0.25) is 0 Å². The maximum atomic E-state index is 12.1. The number of fused-ring (bicyclic) bond motifs is 1. The molecule has 166 valence electrons. The van der Waals surface area contributed by atoms with Crippen LogP contribution in [0.25, 0.3) is 22.8 Å². The first-order valence-electron chi connectivity index (χ1n) is 10.5. The van der Waals surface area contributed by atoms with Gasteiger partial charge in [-0.25, -0.2) is 9.97 Å². The van der Waals surface area contributed by atoms with Crippen molar-refractivity contribution in [3.8, 4) is 22.8 Å². The SMILES string of the molecule is O=C1NCCc2[nH]c(-c3ccnc(-c4cc(Br)ccc4CCc4ccc(Cl)cc4Cl)n3)cc21. The Morgan fingerprint density at radius 3 is 2.61 bits per heavy atom. The van der Waals surface area contributed by atoms with Crippen LogP contribution in [0.2, 0.25) is 10.0 Å². The van der Waals surface area contributed by atoms with Crippen molar-refractivity contribution < 1.29 is 4.79 Å². The molecule has 0 unspecified atom stereocenters. The standard InChI is InChI=1S/C25H19BrCl2N4O/c26-16-5-3-14(1-2-15-4-6-17(27)12-20(15)28)18(11-16)24-29-9-8-22(32-24)23-13-19-21(31-23)7-10-30-25(19)33/h3-6,8-9,11-13,31H,1-2,7,10H2,(H,30,33). The van der Waals surface area contributed by atoms with Gasteiger partial charge in [0.05, 0.1) is 17.0 Å². The third-order valence-corrected chi connectivity index (χ3v) is 6.81. The lowest BCUT2D eigenvalue weighted by atomic mass is 9.99. The van der Waals surface area contributed by atoms with Crippen molar-refractivity contribution >= 4 is 45.0 Å². The summed E-state index contributed by atoms with van der Waals surface area (Å²) in [5, 5.41) is 4.17. The minimum Gasteiger partial charge on any atom is -0.356 e. The lowest BCUT2D eigenvalue weighted by molar-refractivity contribution is 0.0946. The molecule has 0 saturated carbocycles. The fourth-order valence-electron chi connectivity index (χ4n) is 4.04. The van der Waals surface area contributed by atoms with Crippen LogP contribution in [-0.4, -0.2) is 27.4 Å². The number of nitrogens with zero attached hydrogens (tertiary/aromatic N) is 2. The molecule has 0 saturated heterocycles. The average Bonchev–Trinajstić information content (AvgIpc) is 3.25. The molecular formula is C25H19BrCl2N4O. The normalized spacial score (nSPS) is 13.0. The van der Waals surface area contributed by atoms with Gasteiger partial charge in [0.1, 0.15) is 0 Å². The summed E-state index contributed by atoms with van der Waals surface area (Å²) in [4.78, 5) is 24.9. The van der Waals surface area contributed by atoms with E-state index in [9.17, 15) is 4.79 Å². The van der Waals surface area contributed by atoms with Crippen LogP contribution in [0, 0.1) is 0 Å². The highest BCUT2D eigenvalue weighted by atomic mass is 79.9. The van der Waals surface area contributed by atoms with E-state index in [1.807, 2.05) is 36.4 Å². The molecule has 0 fully saturated rings. The highest BCUT2D eigenvalue weighted by Crippen LogP contribution is 2.30. The summed E-state index contributed by atoms with van der Waals surface area (Å²) in [7, 11) is 0. The first-order valence-corrected chi connectivity index (χ1v) is 12.1. The summed E-state index contributed by atoms with van der Waals surface area (Å²) in [6, 6.07) is 15.4. The van der Waals surface area contributed by atoms with Crippen LogP contribution in [0.3, 0.4) is 0 Å². The number of hydrogen-bond acceptors (Lipinski definition) is 3. The number of nitrogens with one attached hydrogen (secondary N) is 2. The molecule has 8 heteroatoms. The summed E-state index contributed by atoms with van der Waals surface area (Å²) in [6.45, 7) is 0.639. The molecule has 0 bridgehead atoms. The topological polar surface area (TPSA) is 70.7 Å². The lowest BCUT2D eigenvalue weighted by Crippen LogP contribution is -2.31. The minimum absolute atomic E-state index is 0.0526. The second-order valence-electron chi connectivity index (χ2n) is 7.88. The Morgan fingerprint density at radius 1 is 0.970 bits per heavy atom. The van der Waals surface area contributed by atoms with Gasteiger partial charge in [0.25, 0.3) is 5.91 Å². The van der Waals surface area contributed by atoms with Crippen molar-refractivity contribution in [2.45, 2.75) is 19.3 Å². The molecular weight excluding hydrogens is 523 g/mol. The second-order valence-corrected chi connectivity index (χ2v) is 9.64. The van der Waals surface area contributed by atoms with Gasteiger partial charge in [-0.2, -0.15) is 0 Å². The van der Waals surface area contributed by atoms with Crippen LogP contribution in [0.4, 0.5) is 0 Å². The predicted octanol–water partition coefficient (Wildman–Crippen LogP) is 6.28. The Hall–Kier alpha value is -2.67. The average molecular weight is 542 g/mol. The Labute approximate surface area is 209 Å². The molecule has 5 nitrogen and oxygen atoms in total. The van der Waals surface area contributed by atoms with Crippen LogP contribution in [0.15, 0.2) is 59.2 Å². The molecule has 5 rings (SSSR count). The van der Waals surface area contributed by atoms with E-state index in [4.69, 9.17) is 28.2 Å². The Bertz CT molecular complexity index is 1370. The molecule has 0 radical (unpaired) electrons. The van der Waals surface area contributed by atoms with Gasteiger partial charge < -0.3 is 10.3 Å². The van der Waals surface area contributed by atoms with E-state index in [1.165, 1.54) is 0 Å². The highest BCUT2D eigenvalue weighted by Gasteiger charge is 2.21. The number of H-pyrrole nitrogens is 1. The zero-order valence-electron chi connectivity index (χ0n) is 17.5.